The third-order valence-electron chi connectivity index (χ3n) is 2.85. The summed E-state index contributed by atoms with van der Waals surface area (Å²) in [6, 6.07) is 5.09. The normalized spacial score (nSPS) is 16.4. The lowest BCUT2D eigenvalue weighted by molar-refractivity contribution is -0.274. The molecule has 0 aliphatic heterocycles. The molecule has 0 atom stereocenters. The topological polar surface area (TPSA) is 26.3 Å². The fraction of sp³-hybridized carbons (Fsp3) is 0.417. The van der Waals surface area contributed by atoms with E-state index in [4.69, 9.17) is 0 Å². The summed E-state index contributed by atoms with van der Waals surface area (Å²) in [7, 11) is 0. The molecule has 17 heavy (non-hydrogen) atoms. The van der Waals surface area contributed by atoms with E-state index in [-0.39, 0.29) is 17.5 Å². The second-order valence-corrected chi connectivity index (χ2v) is 4.06. The molecule has 1 aromatic rings. The molecular formula is C12H11F3O2. The minimum atomic E-state index is -4.69. The maximum Gasteiger partial charge on any atom is 0.573 e. The van der Waals surface area contributed by atoms with E-state index in [1.807, 2.05) is 0 Å². The largest absolute Gasteiger partial charge is 0.573 e. The number of carbonyl (C=O) groups is 1. The van der Waals surface area contributed by atoms with Gasteiger partial charge in [0.05, 0.1) is 0 Å². The van der Waals surface area contributed by atoms with Crippen LogP contribution in [0.1, 0.15) is 29.6 Å². The lowest BCUT2D eigenvalue weighted by atomic mass is 9.80. The first-order valence-electron chi connectivity index (χ1n) is 5.36. The van der Waals surface area contributed by atoms with Crippen molar-refractivity contribution in [2.45, 2.75) is 25.6 Å². The monoisotopic (exact) mass is 244 g/mol. The van der Waals surface area contributed by atoms with Crippen molar-refractivity contribution in [1.29, 1.82) is 0 Å². The van der Waals surface area contributed by atoms with Gasteiger partial charge < -0.3 is 4.74 Å². The molecule has 1 saturated carbocycles. The van der Waals surface area contributed by atoms with Crippen molar-refractivity contribution in [3.05, 3.63) is 29.8 Å². The van der Waals surface area contributed by atoms with Gasteiger partial charge in [0.25, 0.3) is 0 Å². The smallest absolute Gasteiger partial charge is 0.406 e. The third-order valence-corrected chi connectivity index (χ3v) is 2.85. The van der Waals surface area contributed by atoms with E-state index in [1.165, 1.54) is 24.3 Å². The number of benzene rings is 1. The van der Waals surface area contributed by atoms with Crippen molar-refractivity contribution in [2.75, 3.05) is 0 Å². The number of ketones is 1. The van der Waals surface area contributed by atoms with Gasteiger partial charge in [-0.1, -0.05) is 6.42 Å². The van der Waals surface area contributed by atoms with Crippen LogP contribution in [-0.2, 0) is 0 Å². The minimum Gasteiger partial charge on any atom is -0.406 e. The highest BCUT2D eigenvalue weighted by atomic mass is 19.4. The molecule has 0 aromatic heterocycles. The molecule has 0 bridgehead atoms. The molecule has 0 saturated heterocycles. The summed E-state index contributed by atoms with van der Waals surface area (Å²) < 4.78 is 39.4. The summed E-state index contributed by atoms with van der Waals surface area (Å²) in [5, 5.41) is 0. The number of hydrogen-bond donors (Lipinski definition) is 0. The number of Topliss-reactive ketones (excluding diaryl/α,β-unsaturated/α-hetero) is 1. The van der Waals surface area contributed by atoms with Crippen molar-refractivity contribution in [3.63, 3.8) is 0 Å². The van der Waals surface area contributed by atoms with Crippen molar-refractivity contribution in [2.24, 2.45) is 5.92 Å². The Kier molecular flexibility index (Phi) is 3.09. The molecule has 0 heterocycles. The van der Waals surface area contributed by atoms with E-state index in [2.05, 4.69) is 4.74 Å². The molecule has 1 aliphatic carbocycles. The SMILES string of the molecule is O=C(c1ccc(OC(F)(F)F)cc1)C1CCC1. The van der Waals surface area contributed by atoms with Gasteiger partial charge in [0.2, 0.25) is 0 Å². The van der Waals surface area contributed by atoms with Crippen molar-refractivity contribution in [3.8, 4) is 5.75 Å². The predicted octanol–water partition coefficient (Wildman–Crippen LogP) is 3.57. The summed E-state index contributed by atoms with van der Waals surface area (Å²) in [6.45, 7) is 0. The Morgan fingerprint density at radius 1 is 1.18 bits per heavy atom. The van der Waals surface area contributed by atoms with Gasteiger partial charge >= 0.3 is 6.36 Å². The van der Waals surface area contributed by atoms with E-state index < -0.39 is 6.36 Å². The molecule has 0 spiro atoms. The Morgan fingerprint density at radius 3 is 2.18 bits per heavy atom. The Bertz CT molecular complexity index is 405. The minimum absolute atomic E-state index is 0.00908. The van der Waals surface area contributed by atoms with Crippen LogP contribution in [0.5, 0.6) is 5.75 Å². The molecule has 0 N–H and O–H groups in total. The van der Waals surface area contributed by atoms with Crippen LogP contribution >= 0.6 is 0 Å². The molecule has 0 unspecified atom stereocenters. The zero-order valence-corrected chi connectivity index (χ0v) is 8.96. The first-order valence-corrected chi connectivity index (χ1v) is 5.36. The molecular weight excluding hydrogens is 233 g/mol. The first kappa shape index (κ1) is 12.0. The standard InChI is InChI=1S/C12H11F3O2/c13-12(14,15)17-10-6-4-9(5-7-10)11(16)8-2-1-3-8/h4-8H,1-3H2. The van der Waals surface area contributed by atoms with E-state index in [9.17, 15) is 18.0 Å². The third kappa shape index (κ3) is 2.99. The van der Waals surface area contributed by atoms with Crippen LogP contribution in [0.2, 0.25) is 0 Å². The average molecular weight is 244 g/mol. The fourth-order valence-electron chi connectivity index (χ4n) is 1.73. The van der Waals surface area contributed by atoms with Gasteiger partial charge in [-0.05, 0) is 37.1 Å². The average Bonchev–Trinajstić information content (AvgIpc) is 2.13. The van der Waals surface area contributed by atoms with Crippen LogP contribution in [0, 0.1) is 5.92 Å². The van der Waals surface area contributed by atoms with Crippen molar-refractivity contribution < 1.29 is 22.7 Å². The number of halogens is 3. The number of hydrogen-bond acceptors (Lipinski definition) is 2. The molecule has 2 rings (SSSR count). The second-order valence-electron chi connectivity index (χ2n) is 4.06. The van der Waals surface area contributed by atoms with Gasteiger partial charge in [0.1, 0.15) is 5.75 Å². The Hall–Kier alpha value is -1.52. The van der Waals surface area contributed by atoms with Crippen LogP contribution in [0.15, 0.2) is 24.3 Å². The van der Waals surface area contributed by atoms with Crippen LogP contribution in [-0.4, -0.2) is 12.1 Å². The van der Waals surface area contributed by atoms with Gasteiger partial charge in [-0.15, -0.1) is 13.2 Å². The highest BCUT2D eigenvalue weighted by molar-refractivity contribution is 5.98. The van der Waals surface area contributed by atoms with E-state index in [1.54, 1.807) is 0 Å². The molecule has 5 heteroatoms. The molecule has 1 fully saturated rings. The zero-order valence-electron chi connectivity index (χ0n) is 8.96. The maximum atomic E-state index is 11.9. The van der Waals surface area contributed by atoms with Gasteiger partial charge in [0.15, 0.2) is 5.78 Å². The number of ether oxygens (including phenoxy) is 1. The summed E-state index contributed by atoms with van der Waals surface area (Å²) in [5.74, 6) is -0.248. The Morgan fingerprint density at radius 2 is 1.76 bits per heavy atom. The highest BCUT2D eigenvalue weighted by Gasteiger charge is 2.31. The quantitative estimate of drug-likeness (QED) is 0.760. The molecule has 1 aliphatic rings. The lowest BCUT2D eigenvalue weighted by Gasteiger charge is -2.23. The summed E-state index contributed by atoms with van der Waals surface area (Å²) >= 11 is 0. The van der Waals surface area contributed by atoms with Gasteiger partial charge in [-0.2, -0.15) is 0 Å². The number of carbonyl (C=O) groups excluding carboxylic acids is 1. The van der Waals surface area contributed by atoms with Gasteiger partial charge in [-0.3, -0.25) is 4.79 Å². The summed E-state index contributed by atoms with van der Waals surface area (Å²) in [6.07, 6.45) is -1.90. The predicted molar refractivity (Wildman–Crippen MR) is 54.8 cm³/mol. The van der Waals surface area contributed by atoms with Gasteiger partial charge in [-0.25, -0.2) is 0 Å². The van der Waals surface area contributed by atoms with Crippen molar-refractivity contribution in [1.82, 2.24) is 0 Å². The van der Waals surface area contributed by atoms with Crippen LogP contribution < -0.4 is 4.74 Å². The molecule has 0 amide bonds. The van der Waals surface area contributed by atoms with Crippen LogP contribution in [0.4, 0.5) is 13.2 Å². The van der Waals surface area contributed by atoms with E-state index in [0.29, 0.717) is 5.56 Å². The molecule has 0 radical (unpaired) electrons. The second kappa shape index (κ2) is 4.39. The molecule has 2 nitrogen and oxygen atoms in total. The Balaban J connectivity index is 2.04. The summed E-state index contributed by atoms with van der Waals surface area (Å²) in [4.78, 5) is 11.8. The number of rotatable bonds is 3. The zero-order chi connectivity index (χ0) is 12.5. The van der Waals surface area contributed by atoms with E-state index >= 15 is 0 Å². The fourth-order valence-corrected chi connectivity index (χ4v) is 1.73. The first-order chi connectivity index (χ1) is 7.96. The van der Waals surface area contributed by atoms with Crippen LogP contribution in [0.25, 0.3) is 0 Å². The number of alkyl halides is 3. The molecule has 92 valence electrons. The van der Waals surface area contributed by atoms with E-state index in [0.717, 1.165) is 19.3 Å². The molecule has 1 aromatic carbocycles. The summed E-state index contributed by atoms with van der Waals surface area (Å²) in [5.41, 5.74) is 0.448. The maximum absolute atomic E-state index is 11.9. The highest BCUT2D eigenvalue weighted by Crippen LogP contribution is 2.30. The lowest BCUT2D eigenvalue weighted by Crippen LogP contribution is -2.22. The van der Waals surface area contributed by atoms with Gasteiger partial charge in [0, 0.05) is 11.5 Å². The Labute approximate surface area is 96.4 Å². The van der Waals surface area contributed by atoms with Crippen molar-refractivity contribution >= 4 is 5.78 Å². The van der Waals surface area contributed by atoms with Crippen LogP contribution in [0.3, 0.4) is 0 Å².